The van der Waals surface area contributed by atoms with Crippen molar-refractivity contribution in [3.05, 3.63) is 45.5 Å². The van der Waals surface area contributed by atoms with Crippen LogP contribution in [0.1, 0.15) is 32.1 Å². The SMILES string of the molecule is Cc1nc(N2CCc3ccc(C(=O)O)cc3C2)sc1C. The van der Waals surface area contributed by atoms with Crippen molar-refractivity contribution in [1.82, 2.24) is 4.98 Å². The number of hydrogen-bond acceptors (Lipinski definition) is 4. The number of thiazole rings is 1. The molecule has 4 nitrogen and oxygen atoms in total. The summed E-state index contributed by atoms with van der Waals surface area (Å²) in [6.45, 7) is 5.78. The van der Waals surface area contributed by atoms with Gasteiger partial charge in [0.1, 0.15) is 0 Å². The summed E-state index contributed by atoms with van der Waals surface area (Å²) in [4.78, 5) is 19.1. The van der Waals surface area contributed by atoms with Crippen LogP contribution in [0.2, 0.25) is 0 Å². The standard InChI is InChI=1S/C15H16N2O2S/c1-9-10(2)20-15(16-9)17-6-5-11-3-4-12(14(18)19)7-13(11)8-17/h3-4,7H,5-6,8H2,1-2H3,(H,18,19). The molecule has 5 heteroatoms. The Morgan fingerprint density at radius 1 is 1.35 bits per heavy atom. The lowest BCUT2D eigenvalue weighted by molar-refractivity contribution is 0.0696. The Bertz CT molecular complexity index is 659. The number of carbonyl (C=O) groups is 1. The van der Waals surface area contributed by atoms with E-state index < -0.39 is 5.97 Å². The smallest absolute Gasteiger partial charge is 0.335 e. The maximum atomic E-state index is 11.1. The molecular weight excluding hydrogens is 272 g/mol. The van der Waals surface area contributed by atoms with Crippen LogP contribution in [0.15, 0.2) is 18.2 Å². The number of benzene rings is 1. The molecule has 0 unspecified atom stereocenters. The largest absolute Gasteiger partial charge is 0.478 e. The minimum absolute atomic E-state index is 0.358. The number of hydrogen-bond donors (Lipinski definition) is 1. The van der Waals surface area contributed by atoms with Gasteiger partial charge in [0.05, 0.1) is 11.3 Å². The fourth-order valence-electron chi connectivity index (χ4n) is 2.44. The topological polar surface area (TPSA) is 53.4 Å². The number of aromatic nitrogens is 1. The van der Waals surface area contributed by atoms with Gasteiger partial charge >= 0.3 is 5.97 Å². The van der Waals surface area contributed by atoms with Crippen molar-refractivity contribution in [2.75, 3.05) is 11.4 Å². The van der Waals surface area contributed by atoms with Crippen LogP contribution >= 0.6 is 11.3 Å². The molecule has 0 fully saturated rings. The molecule has 0 atom stereocenters. The number of aromatic carboxylic acids is 1. The lowest BCUT2D eigenvalue weighted by Gasteiger charge is -2.28. The highest BCUT2D eigenvalue weighted by atomic mass is 32.1. The zero-order valence-electron chi connectivity index (χ0n) is 11.5. The highest BCUT2D eigenvalue weighted by molar-refractivity contribution is 7.15. The van der Waals surface area contributed by atoms with E-state index >= 15 is 0 Å². The molecule has 0 saturated carbocycles. The number of anilines is 1. The zero-order chi connectivity index (χ0) is 14.3. The van der Waals surface area contributed by atoms with Crippen LogP contribution in [0.25, 0.3) is 0 Å². The maximum Gasteiger partial charge on any atom is 0.335 e. The lowest BCUT2D eigenvalue weighted by Crippen LogP contribution is -2.30. The van der Waals surface area contributed by atoms with Crippen LogP contribution in [0.5, 0.6) is 0 Å². The summed E-state index contributed by atoms with van der Waals surface area (Å²) in [5, 5.41) is 10.1. The monoisotopic (exact) mass is 288 g/mol. The summed E-state index contributed by atoms with van der Waals surface area (Å²) in [6.07, 6.45) is 0.937. The Morgan fingerprint density at radius 2 is 2.15 bits per heavy atom. The molecule has 104 valence electrons. The van der Waals surface area contributed by atoms with Gasteiger partial charge in [-0.15, -0.1) is 11.3 Å². The summed E-state index contributed by atoms with van der Waals surface area (Å²) < 4.78 is 0. The van der Waals surface area contributed by atoms with Gasteiger partial charge in [-0.1, -0.05) is 6.07 Å². The van der Waals surface area contributed by atoms with Gasteiger partial charge in [-0.05, 0) is 43.5 Å². The second-order valence-corrected chi connectivity index (χ2v) is 6.28. The molecular formula is C15H16N2O2S. The van der Waals surface area contributed by atoms with E-state index in [4.69, 9.17) is 5.11 Å². The Labute approximate surface area is 121 Å². The Kier molecular flexibility index (Phi) is 3.22. The highest BCUT2D eigenvalue weighted by Crippen LogP contribution is 2.30. The van der Waals surface area contributed by atoms with Gasteiger partial charge in [-0.25, -0.2) is 9.78 Å². The first-order chi connectivity index (χ1) is 9.54. The van der Waals surface area contributed by atoms with E-state index in [2.05, 4.69) is 16.8 Å². The van der Waals surface area contributed by atoms with Gasteiger partial charge < -0.3 is 10.0 Å². The fourth-order valence-corrected chi connectivity index (χ4v) is 3.38. The van der Waals surface area contributed by atoms with E-state index in [1.165, 1.54) is 10.4 Å². The molecule has 0 spiro atoms. The molecule has 1 N–H and O–H groups in total. The minimum Gasteiger partial charge on any atom is -0.478 e. The predicted octanol–water partition coefficient (Wildman–Crippen LogP) is 3.02. The van der Waals surface area contributed by atoms with Gasteiger partial charge in [0, 0.05) is 18.0 Å². The molecule has 0 aliphatic carbocycles. The van der Waals surface area contributed by atoms with Crippen molar-refractivity contribution >= 4 is 22.4 Å². The normalized spacial score (nSPS) is 14.2. The molecule has 1 aromatic carbocycles. The molecule has 2 heterocycles. The van der Waals surface area contributed by atoms with Gasteiger partial charge in [0.15, 0.2) is 5.13 Å². The molecule has 1 aromatic heterocycles. The molecule has 1 aliphatic heterocycles. The van der Waals surface area contributed by atoms with E-state index in [1.54, 1.807) is 23.5 Å². The van der Waals surface area contributed by atoms with Gasteiger partial charge in [-0.3, -0.25) is 0 Å². The molecule has 3 rings (SSSR count). The number of aryl methyl sites for hydroxylation is 2. The van der Waals surface area contributed by atoms with Crippen molar-refractivity contribution in [3.63, 3.8) is 0 Å². The van der Waals surface area contributed by atoms with Crippen molar-refractivity contribution in [1.29, 1.82) is 0 Å². The van der Waals surface area contributed by atoms with Crippen LogP contribution in [-0.4, -0.2) is 22.6 Å². The molecule has 1 aliphatic rings. The first-order valence-electron chi connectivity index (χ1n) is 6.58. The highest BCUT2D eigenvalue weighted by Gasteiger charge is 2.20. The van der Waals surface area contributed by atoms with Crippen molar-refractivity contribution in [3.8, 4) is 0 Å². The van der Waals surface area contributed by atoms with Crippen LogP contribution in [0, 0.1) is 13.8 Å². The number of nitrogens with zero attached hydrogens (tertiary/aromatic N) is 2. The first-order valence-corrected chi connectivity index (χ1v) is 7.40. The second-order valence-electron chi connectivity index (χ2n) is 5.10. The third-order valence-corrected chi connectivity index (χ3v) is 4.89. The number of carboxylic acids is 1. The average Bonchev–Trinajstić information content (AvgIpc) is 2.77. The van der Waals surface area contributed by atoms with Crippen LogP contribution < -0.4 is 4.90 Å². The third kappa shape index (κ3) is 2.29. The maximum absolute atomic E-state index is 11.1. The third-order valence-electron chi connectivity index (χ3n) is 3.75. The van der Waals surface area contributed by atoms with Crippen LogP contribution in [0.3, 0.4) is 0 Å². The average molecular weight is 288 g/mol. The molecule has 20 heavy (non-hydrogen) atoms. The van der Waals surface area contributed by atoms with Crippen molar-refractivity contribution < 1.29 is 9.90 Å². The second kappa shape index (κ2) is 4.90. The van der Waals surface area contributed by atoms with E-state index in [1.807, 2.05) is 13.0 Å². The number of fused-ring (bicyclic) bond motifs is 1. The summed E-state index contributed by atoms with van der Waals surface area (Å²) in [7, 11) is 0. The molecule has 0 saturated heterocycles. The molecule has 0 bridgehead atoms. The van der Waals surface area contributed by atoms with Crippen LogP contribution in [-0.2, 0) is 13.0 Å². The van der Waals surface area contributed by atoms with E-state index in [9.17, 15) is 4.79 Å². The van der Waals surface area contributed by atoms with Crippen molar-refractivity contribution in [2.45, 2.75) is 26.8 Å². The minimum atomic E-state index is -0.870. The van der Waals surface area contributed by atoms with Crippen molar-refractivity contribution in [2.24, 2.45) is 0 Å². The molecule has 2 aromatic rings. The Hall–Kier alpha value is -1.88. The van der Waals surface area contributed by atoms with Gasteiger partial charge in [0.25, 0.3) is 0 Å². The van der Waals surface area contributed by atoms with E-state index in [0.29, 0.717) is 5.56 Å². The summed E-state index contributed by atoms with van der Waals surface area (Å²) in [6, 6.07) is 5.42. The van der Waals surface area contributed by atoms with E-state index in [0.717, 1.165) is 35.9 Å². The zero-order valence-corrected chi connectivity index (χ0v) is 12.3. The lowest BCUT2D eigenvalue weighted by atomic mass is 9.98. The Morgan fingerprint density at radius 3 is 2.80 bits per heavy atom. The molecule has 0 radical (unpaired) electrons. The quantitative estimate of drug-likeness (QED) is 0.923. The summed E-state index contributed by atoms with van der Waals surface area (Å²) >= 11 is 1.70. The molecule has 0 amide bonds. The predicted molar refractivity (Wildman–Crippen MR) is 79.7 cm³/mol. The Balaban J connectivity index is 1.90. The fraction of sp³-hybridized carbons (Fsp3) is 0.333. The number of carboxylic acid groups (broad SMARTS) is 1. The summed E-state index contributed by atoms with van der Waals surface area (Å²) in [5.41, 5.74) is 3.78. The van der Waals surface area contributed by atoms with Gasteiger partial charge in [0.2, 0.25) is 0 Å². The first kappa shape index (κ1) is 13.1. The number of rotatable bonds is 2. The van der Waals surface area contributed by atoms with E-state index in [-0.39, 0.29) is 0 Å². The van der Waals surface area contributed by atoms with Crippen LogP contribution in [0.4, 0.5) is 5.13 Å². The van der Waals surface area contributed by atoms with Gasteiger partial charge in [-0.2, -0.15) is 0 Å². The summed E-state index contributed by atoms with van der Waals surface area (Å²) in [5.74, 6) is -0.870.